The van der Waals surface area contributed by atoms with E-state index in [1.165, 1.54) is 0 Å². The van der Waals surface area contributed by atoms with Crippen LogP contribution in [0, 0.1) is 0 Å². The fraction of sp³-hybridized carbons (Fsp3) is 1.00. The van der Waals surface area contributed by atoms with E-state index in [-0.39, 0.29) is 0 Å². The lowest BCUT2D eigenvalue weighted by molar-refractivity contribution is -0.118. The molecule has 0 bridgehead atoms. The first-order valence-corrected chi connectivity index (χ1v) is 11.2. The van der Waals surface area contributed by atoms with Crippen molar-refractivity contribution >= 4 is 30.1 Å². The number of nitrogens with zero attached hydrogens (tertiary/aromatic N) is 3. The third-order valence-electron chi connectivity index (χ3n) is 3.17. The molecule has 1 aliphatic heterocycles. The van der Waals surface area contributed by atoms with Gasteiger partial charge in [-0.25, -0.2) is 25.3 Å². The fourth-order valence-corrected chi connectivity index (χ4v) is 4.31. The van der Waals surface area contributed by atoms with E-state index in [0.717, 1.165) is 0 Å². The van der Waals surface area contributed by atoms with Crippen LogP contribution in [-0.2, 0) is 39.5 Å². The number of alkyl halides is 9. The highest BCUT2D eigenvalue weighted by Crippen LogP contribution is 2.33. The molecular weight excluding hydrogens is 533 g/mol. The summed E-state index contributed by atoms with van der Waals surface area (Å²) in [4.78, 5) is 0. The molecule has 0 aromatic heterocycles. The van der Waals surface area contributed by atoms with Gasteiger partial charge in [0.1, 0.15) is 20.3 Å². The van der Waals surface area contributed by atoms with Crippen LogP contribution in [0.1, 0.15) is 0 Å². The average Bonchev–Trinajstić information content (AvgIpc) is 2.55. The summed E-state index contributed by atoms with van der Waals surface area (Å²) in [5, 5.41) is 0. The third-order valence-corrected chi connectivity index (χ3v) is 7.63. The minimum Gasteiger partial charge on any atom is -0.339 e. The number of rotatable bonds is 3. The van der Waals surface area contributed by atoms with E-state index in [1.807, 2.05) is 0 Å². The van der Waals surface area contributed by atoms with E-state index in [9.17, 15) is 64.8 Å². The van der Waals surface area contributed by atoms with Crippen molar-refractivity contribution in [3.05, 3.63) is 0 Å². The van der Waals surface area contributed by atoms with E-state index < -0.39 is 93.1 Å². The van der Waals surface area contributed by atoms with Crippen LogP contribution >= 0.6 is 0 Å². The molecule has 0 aliphatic carbocycles. The van der Waals surface area contributed by atoms with E-state index in [0.29, 0.717) is 0 Å². The van der Waals surface area contributed by atoms with Crippen molar-refractivity contribution < 1.29 is 74.2 Å². The Hall–Kier alpha value is -0.980. The molecule has 0 saturated carbocycles. The summed E-state index contributed by atoms with van der Waals surface area (Å²) < 4.78 is 189. The van der Waals surface area contributed by atoms with Crippen molar-refractivity contribution in [1.82, 2.24) is 12.9 Å². The SMILES string of the molecule is O=S(=O)(N1COCOCN(S(=O)(=O)C(F)(F)F)CN(S(=O)(=O)C(F)(F)F)C1)C(F)(F)F. The van der Waals surface area contributed by atoms with Gasteiger partial charge in [-0.3, -0.25) is 0 Å². The normalized spacial score (nSPS) is 21.2. The van der Waals surface area contributed by atoms with Crippen LogP contribution in [0.15, 0.2) is 0 Å². The Morgan fingerprint density at radius 1 is 0.516 bits per heavy atom. The Morgan fingerprint density at radius 2 is 0.774 bits per heavy atom. The number of hydrogen-bond donors (Lipinski definition) is 0. The van der Waals surface area contributed by atoms with Crippen LogP contribution < -0.4 is 0 Å². The Bertz CT molecular complexity index is 901. The Kier molecular flexibility index (Phi) is 7.92. The number of halogens is 9. The fourth-order valence-electron chi connectivity index (χ4n) is 1.70. The van der Waals surface area contributed by atoms with Crippen LogP contribution in [0.25, 0.3) is 0 Å². The van der Waals surface area contributed by atoms with Crippen LogP contribution in [0.4, 0.5) is 39.5 Å². The molecular formula is C8H10F9N3O8S3. The molecule has 0 aromatic carbocycles. The molecule has 0 N–H and O–H groups in total. The molecule has 0 aromatic rings. The van der Waals surface area contributed by atoms with Crippen LogP contribution in [0.5, 0.6) is 0 Å². The third kappa shape index (κ3) is 5.88. The summed E-state index contributed by atoms with van der Waals surface area (Å²) in [7, 11) is -20.1. The largest absolute Gasteiger partial charge is 0.511 e. The van der Waals surface area contributed by atoms with Crippen molar-refractivity contribution in [3.63, 3.8) is 0 Å². The Morgan fingerprint density at radius 3 is 1.03 bits per heavy atom. The van der Waals surface area contributed by atoms with Gasteiger partial charge in [0.2, 0.25) is 0 Å². The van der Waals surface area contributed by atoms with Crippen molar-refractivity contribution in [1.29, 1.82) is 0 Å². The number of sulfonamides is 3. The van der Waals surface area contributed by atoms with E-state index in [2.05, 4.69) is 9.47 Å². The monoisotopic (exact) mass is 543 g/mol. The molecule has 1 aliphatic rings. The minimum atomic E-state index is -6.87. The maximum Gasteiger partial charge on any atom is 0.511 e. The molecule has 0 amide bonds. The molecule has 23 heteroatoms. The van der Waals surface area contributed by atoms with Crippen LogP contribution in [0.3, 0.4) is 0 Å². The second-order valence-electron chi connectivity index (χ2n) is 5.27. The van der Waals surface area contributed by atoms with Crippen molar-refractivity contribution in [2.75, 3.05) is 33.6 Å². The number of hydrogen-bond acceptors (Lipinski definition) is 8. The molecule has 0 atom stereocenters. The minimum absolute atomic E-state index is 1.02. The molecule has 11 nitrogen and oxygen atoms in total. The Labute approximate surface area is 168 Å². The molecule has 1 heterocycles. The quantitative estimate of drug-likeness (QED) is 0.464. The average molecular weight is 543 g/mol. The smallest absolute Gasteiger partial charge is 0.339 e. The molecule has 1 saturated heterocycles. The van der Waals surface area contributed by atoms with E-state index in [4.69, 9.17) is 0 Å². The van der Waals surface area contributed by atoms with Gasteiger partial charge in [0, 0.05) is 0 Å². The second kappa shape index (κ2) is 8.75. The van der Waals surface area contributed by atoms with Gasteiger partial charge >= 0.3 is 46.6 Å². The highest BCUT2D eigenvalue weighted by atomic mass is 32.2. The molecule has 31 heavy (non-hydrogen) atoms. The lowest BCUT2D eigenvalue weighted by atomic mass is 10.9. The lowest BCUT2D eigenvalue weighted by Gasteiger charge is -2.34. The summed E-state index contributed by atoms with van der Waals surface area (Å²) in [6.45, 7) is -9.64. The van der Waals surface area contributed by atoms with Gasteiger partial charge in [0.15, 0.2) is 0 Å². The highest BCUT2D eigenvalue weighted by molar-refractivity contribution is 7.91. The van der Waals surface area contributed by atoms with Crippen LogP contribution in [-0.4, -0.2) is 88.3 Å². The zero-order valence-electron chi connectivity index (χ0n) is 14.3. The zero-order chi connectivity index (χ0) is 24.7. The molecule has 186 valence electrons. The summed E-state index contributed by atoms with van der Waals surface area (Å²) >= 11 is 0. The molecule has 1 fully saturated rings. The topological polar surface area (TPSA) is 131 Å². The van der Waals surface area contributed by atoms with Crippen molar-refractivity contribution in [2.45, 2.75) is 16.5 Å². The van der Waals surface area contributed by atoms with Gasteiger partial charge < -0.3 is 9.47 Å². The van der Waals surface area contributed by atoms with Gasteiger partial charge in [0.05, 0.1) is 13.3 Å². The van der Waals surface area contributed by atoms with Gasteiger partial charge in [-0.15, -0.1) is 0 Å². The van der Waals surface area contributed by atoms with Gasteiger partial charge in [-0.2, -0.15) is 52.4 Å². The lowest BCUT2D eigenvalue weighted by Crippen LogP contribution is -2.56. The van der Waals surface area contributed by atoms with Gasteiger partial charge in [-0.1, -0.05) is 0 Å². The summed E-state index contributed by atoms with van der Waals surface area (Å²) in [5.41, 5.74) is -18.8. The molecule has 0 radical (unpaired) electrons. The summed E-state index contributed by atoms with van der Waals surface area (Å²) in [6.07, 6.45) is 0. The maximum atomic E-state index is 12.9. The predicted molar refractivity (Wildman–Crippen MR) is 76.9 cm³/mol. The summed E-state index contributed by atoms with van der Waals surface area (Å²) in [5.74, 6) is 0. The van der Waals surface area contributed by atoms with E-state index in [1.54, 1.807) is 0 Å². The number of ether oxygens (including phenoxy) is 2. The van der Waals surface area contributed by atoms with Crippen molar-refractivity contribution in [2.24, 2.45) is 0 Å². The zero-order valence-corrected chi connectivity index (χ0v) is 16.7. The van der Waals surface area contributed by atoms with E-state index >= 15 is 0 Å². The molecule has 0 spiro atoms. The standard InChI is InChI=1S/C8H10F9N3O8S3/c9-6(10,11)29(21,22)18-1-19(30(23,24)7(12,13)14)3-27-5-28-4-20(2-18)31(25,26)8(15,16)17/h1-5H2. The van der Waals surface area contributed by atoms with Crippen LogP contribution in [0.2, 0.25) is 0 Å². The predicted octanol–water partition coefficient (Wildman–Crippen LogP) is 0.276. The van der Waals surface area contributed by atoms with Gasteiger partial charge in [0.25, 0.3) is 0 Å². The van der Waals surface area contributed by atoms with Gasteiger partial charge in [-0.05, 0) is 0 Å². The van der Waals surface area contributed by atoms with Crippen molar-refractivity contribution in [3.8, 4) is 0 Å². The Balaban J connectivity index is 3.61. The first-order valence-electron chi connectivity index (χ1n) is 6.91. The molecule has 0 unspecified atom stereocenters. The second-order valence-corrected chi connectivity index (χ2v) is 11.1. The highest BCUT2D eigenvalue weighted by Gasteiger charge is 2.57. The first kappa shape index (κ1) is 28.1. The summed E-state index contributed by atoms with van der Waals surface area (Å²) in [6, 6.07) is 0. The maximum absolute atomic E-state index is 12.9. The molecule has 1 rings (SSSR count). The first-order chi connectivity index (χ1) is 13.6.